The average Bonchev–Trinajstić information content (AvgIpc) is 3.30. The second-order valence-electron chi connectivity index (χ2n) is 12.8. The predicted octanol–water partition coefficient (Wildman–Crippen LogP) is 10.3. The van der Waals surface area contributed by atoms with Crippen molar-refractivity contribution in [1.29, 1.82) is 0 Å². The molecule has 2 fully saturated rings. The molecule has 212 valence electrons. The van der Waals surface area contributed by atoms with E-state index >= 15 is 0 Å². The average molecular weight is 585 g/mol. The normalized spacial score (nSPS) is 23.8. The minimum atomic E-state index is 0.418. The molecule has 5 atom stereocenters. The van der Waals surface area contributed by atoms with Crippen LogP contribution in [-0.4, -0.2) is 9.97 Å². The first-order chi connectivity index (χ1) is 21.6. The molecule has 44 heavy (non-hydrogen) atoms. The molecule has 6 aromatic rings. The third kappa shape index (κ3) is 3.72. The quantitative estimate of drug-likeness (QED) is 0.195. The van der Waals surface area contributed by atoms with Crippen molar-refractivity contribution in [3.8, 4) is 0 Å². The van der Waals surface area contributed by atoms with Crippen molar-refractivity contribution in [2.24, 2.45) is 17.3 Å². The number of benzene rings is 4. The first-order valence-electron chi connectivity index (χ1n) is 15.6. The van der Waals surface area contributed by atoms with Gasteiger partial charge in [-0.15, -0.1) is 11.3 Å². The van der Waals surface area contributed by atoms with Gasteiger partial charge in [-0.2, -0.15) is 0 Å². The largest absolute Gasteiger partial charge is 0.247 e. The van der Waals surface area contributed by atoms with Crippen LogP contribution in [0.1, 0.15) is 69.1 Å². The van der Waals surface area contributed by atoms with Gasteiger partial charge in [-0.25, -0.2) is 9.97 Å². The number of thiophene rings is 1. The van der Waals surface area contributed by atoms with Crippen molar-refractivity contribution in [3.63, 3.8) is 0 Å². The molecule has 2 nitrogen and oxygen atoms in total. The molecule has 2 aromatic heterocycles. The van der Waals surface area contributed by atoms with Gasteiger partial charge in [0.15, 0.2) is 0 Å². The van der Waals surface area contributed by atoms with E-state index < -0.39 is 0 Å². The van der Waals surface area contributed by atoms with E-state index in [0.29, 0.717) is 23.2 Å². The lowest BCUT2D eigenvalue weighted by molar-refractivity contribution is 0.143. The van der Waals surface area contributed by atoms with Gasteiger partial charge in [-0.3, -0.25) is 0 Å². The maximum Gasteiger partial charge on any atom is 0.108 e. The van der Waals surface area contributed by atoms with Crippen molar-refractivity contribution in [2.45, 2.75) is 25.7 Å². The molecule has 0 radical (unpaired) electrons. The summed E-state index contributed by atoms with van der Waals surface area (Å²) in [4.78, 5) is 13.4. The van der Waals surface area contributed by atoms with Crippen molar-refractivity contribution in [2.75, 3.05) is 0 Å². The fourth-order valence-electron chi connectivity index (χ4n) is 8.29. The molecular weight excluding hydrogens is 553 g/mol. The SMILES string of the molecule is CC1C2c3nc4c(C=C(c5ccccc5)c5ccccc5)sc(C=C(c5ccccc5)c5ccccc5)c4nc3C3C2C13C. The minimum absolute atomic E-state index is 0.418. The predicted molar refractivity (Wildman–Crippen MR) is 183 cm³/mol. The maximum atomic E-state index is 5.53. The lowest BCUT2D eigenvalue weighted by Gasteiger charge is -2.41. The molecule has 0 bridgehead atoms. The van der Waals surface area contributed by atoms with Crippen LogP contribution in [-0.2, 0) is 0 Å². The van der Waals surface area contributed by atoms with Crippen LogP contribution in [0.15, 0.2) is 121 Å². The molecular formula is C41H32N2S. The van der Waals surface area contributed by atoms with E-state index in [1.807, 2.05) is 11.3 Å². The van der Waals surface area contributed by atoms with Gasteiger partial charge < -0.3 is 0 Å². The Balaban J connectivity index is 1.30. The van der Waals surface area contributed by atoms with Gasteiger partial charge in [0.25, 0.3) is 0 Å². The first-order valence-corrected chi connectivity index (χ1v) is 16.4. The highest BCUT2D eigenvalue weighted by Crippen LogP contribution is 2.88. The van der Waals surface area contributed by atoms with Gasteiger partial charge in [-0.1, -0.05) is 135 Å². The first kappa shape index (κ1) is 25.9. The second-order valence-corrected chi connectivity index (χ2v) is 13.9. The van der Waals surface area contributed by atoms with Crippen LogP contribution in [0.3, 0.4) is 0 Å². The zero-order valence-corrected chi connectivity index (χ0v) is 25.6. The van der Waals surface area contributed by atoms with E-state index in [1.165, 1.54) is 54.5 Å². The van der Waals surface area contributed by atoms with Gasteiger partial charge in [-0.05, 0) is 62.8 Å². The molecule has 0 aliphatic heterocycles. The van der Waals surface area contributed by atoms with Crippen LogP contribution in [0, 0.1) is 17.3 Å². The van der Waals surface area contributed by atoms with E-state index in [9.17, 15) is 0 Å². The highest BCUT2D eigenvalue weighted by molar-refractivity contribution is 7.15. The van der Waals surface area contributed by atoms with Crippen molar-refractivity contribution in [3.05, 3.63) is 165 Å². The lowest BCUT2D eigenvalue weighted by Crippen LogP contribution is -2.35. The lowest BCUT2D eigenvalue weighted by atomic mass is 9.63. The Morgan fingerprint density at radius 3 is 1.39 bits per heavy atom. The molecule has 3 aliphatic carbocycles. The van der Waals surface area contributed by atoms with E-state index in [4.69, 9.17) is 9.97 Å². The van der Waals surface area contributed by atoms with Gasteiger partial charge >= 0.3 is 0 Å². The van der Waals surface area contributed by atoms with Crippen LogP contribution >= 0.6 is 11.3 Å². The fraction of sp³-hybridized carbons (Fsp3) is 0.171. The summed E-state index contributed by atoms with van der Waals surface area (Å²) in [6.45, 7) is 4.89. The highest BCUT2D eigenvalue weighted by atomic mass is 32.1. The van der Waals surface area contributed by atoms with Crippen molar-refractivity contribution >= 4 is 45.7 Å². The number of hydrogen-bond acceptors (Lipinski definition) is 3. The summed E-state index contributed by atoms with van der Waals surface area (Å²) in [6, 6.07) is 42.9. The number of nitrogens with zero attached hydrogens (tertiary/aromatic N) is 2. The summed E-state index contributed by atoms with van der Waals surface area (Å²) >= 11 is 1.81. The molecule has 9 rings (SSSR count). The Hall–Kier alpha value is -4.60. The van der Waals surface area contributed by atoms with E-state index in [-0.39, 0.29) is 0 Å². The summed E-state index contributed by atoms with van der Waals surface area (Å²) in [7, 11) is 0. The third-order valence-corrected chi connectivity index (χ3v) is 11.7. The van der Waals surface area contributed by atoms with E-state index in [2.05, 4.69) is 147 Å². The van der Waals surface area contributed by atoms with E-state index in [0.717, 1.165) is 17.0 Å². The molecule has 2 heterocycles. The molecule has 2 saturated carbocycles. The molecule has 5 unspecified atom stereocenters. The number of aromatic nitrogens is 2. The Kier molecular flexibility index (Phi) is 5.70. The Morgan fingerprint density at radius 2 is 0.977 bits per heavy atom. The second kappa shape index (κ2) is 9.70. The molecule has 3 aliphatic rings. The summed E-state index contributed by atoms with van der Waals surface area (Å²) in [5, 5.41) is 0. The molecule has 4 aromatic carbocycles. The molecule has 3 heteroatoms. The standard InChI is InChI=1S/C41H32N2S/c1-25-34-35-36(41(25,35)2)40-39(34)42-37-32(23-30(26-15-7-3-8-16-26)27-17-9-4-10-18-27)44-33(38(37)43-40)24-31(28-19-11-5-12-20-28)29-21-13-6-14-22-29/h3-25,34-36H,1-2H3. The van der Waals surface area contributed by atoms with Crippen LogP contribution < -0.4 is 0 Å². The number of rotatable bonds is 6. The Morgan fingerprint density at radius 1 is 0.591 bits per heavy atom. The third-order valence-electron chi connectivity index (χ3n) is 10.7. The van der Waals surface area contributed by atoms with E-state index in [1.54, 1.807) is 0 Å². The van der Waals surface area contributed by atoms with Crippen LogP contribution in [0.5, 0.6) is 0 Å². The van der Waals surface area contributed by atoms with Gasteiger partial charge in [0.1, 0.15) is 11.0 Å². The number of hydrogen-bond donors (Lipinski definition) is 0. The molecule has 0 N–H and O–H groups in total. The van der Waals surface area contributed by atoms with Crippen LogP contribution in [0.2, 0.25) is 0 Å². The maximum absolute atomic E-state index is 5.53. The molecule has 0 saturated heterocycles. The summed E-state index contributed by atoms with van der Waals surface area (Å²) in [5.41, 5.74) is 12.2. The molecule has 0 spiro atoms. The Bertz CT molecular complexity index is 1870. The van der Waals surface area contributed by atoms with Crippen LogP contribution in [0.4, 0.5) is 0 Å². The van der Waals surface area contributed by atoms with Crippen LogP contribution in [0.25, 0.3) is 34.3 Å². The molecule has 0 amide bonds. The highest BCUT2D eigenvalue weighted by Gasteiger charge is 2.82. The minimum Gasteiger partial charge on any atom is -0.247 e. The summed E-state index contributed by atoms with van der Waals surface area (Å²) < 4.78 is 0. The summed E-state index contributed by atoms with van der Waals surface area (Å²) in [5.74, 6) is 2.53. The fourth-order valence-corrected chi connectivity index (χ4v) is 9.36. The smallest absolute Gasteiger partial charge is 0.108 e. The van der Waals surface area contributed by atoms with Gasteiger partial charge in [0.05, 0.1) is 21.1 Å². The van der Waals surface area contributed by atoms with Crippen molar-refractivity contribution < 1.29 is 0 Å². The zero-order valence-electron chi connectivity index (χ0n) is 24.8. The summed E-state index contributed by atoms with van der Waals surface area (Å²) in [6.07, 6.45) is 4.70. The topological polar surface area (TPSA) is 25.8 Å². The Labute approximate surface area is 262 Å². The van der Waals surface area contributed by atoms with Gasteiger partial charge in [0, 0.05) is 11.8 Å². The van der Waals surface area contributed by atoms with Gasteiger partial charge in [0.2, 0.25) is 0 Å². The zero-order chi connectivity index (χ0) is 29.4. The van der Waals surface area contributed by atoms with Crippen molar-refractivity contribution in [1.82, 2.24) is 9.97 Å². The number of fused-ring (bicyclic) bond motifs is 5. The monoisotopic (exact) mass is 584 g/mol.